The molecule has 0 aliphatic carbocycles. The van der Waals surface area contributed by atoms with Crippen molar-refractivity contribution in [3.8, 4) is 0 Å². The van der Waals surface area contributed by atoms with Gasteiger partial charge in [0.2, 0.25) is 5.95 Å². The minimum absolute atomic E-state index is 0.181. The molecule has 5 heteroatoms. The van der Waals surface area contributed by atoms with E-state index in [2.05, 4.69) is 81.8 Å². The van der Waals surface area contributed by atoms with Crippen molar-refractivity contribution in [3.63, 3.8) is 0 Å². The third kappa shape index (κ3) is 3.98. The van der Waals surface area contributed by atoms with Crippen LogP contribution in [0, 0.1) is 0 Å². The van der Waals surface area contributed by atoms with Gasteiger partial charge in [0.05, 0.1) is 0 Å². The molecule has 28 heavy (non-hydrogen) atoms. The Balaban J connectivity index is 1.42. The van der Waals surface area contributed by atoms with Crippen molar-refractivity contribution in [2.24, 2.45) is 0 Å². The number of aromatic amines is 1. The van der Waals surface area contributed by atoms with Crippen LogP contribution in [-0.4, -0.2) is 28.5 Å². The number of aromatic nitrogens is 3. The highest BCUT2D eigenvalue weighted by atomic mass is 15.2. The van der Waals surface area contributed by atoms with Gasteiger partial charge in [-0.05, 0) is 36.6 Å². The quantitative estimate of drug-likeness (QED) is 0.489. The average molecular weight is 371 g/mol. The van der Waals surface area contributed by atoms with Crippen molar-refractivity contribution in [2.45, 2.75) is 19.4 Å². The van der Waals surface area contributed by atoms with E-state index in [0.717, 1.165) is 24.7 Å². The van der Waals surface area contributed by atoms with E-state index in [1.165, 1.54) is 22.0 Å². The van der Waals surface area contributed by atoms with Gasteiger partial charge in [0.15, 0.2) is 0 Å². The molecule has 0 bridgehead atoms. The summed E-state index contributed by atoms with van der Waals surface area (Å²) in [5.41, 5.74) is 3.72. The Hall–Kier alpha value is -3.34. The monoisotopic (exact) mass is 371 g/mol. The molecule has 0 fully saturated rings. The largest absolute Gasteiger partial charge is 0.363 e. The molecule has 5 nitrogen and oxygen atoms in total. The highest BCUT2D eigenvalue weighted by Crippen LogP contribution is 2.20. The lowest BCUT2D eigenvalue weighted by atomic mass is 10.1. The predicted molar refractivity (Wildman–Crippen MR) is 116 cm³/mol. The average Bonchev–Trinajstić information content (AvgIpc) is 3.16. The van der Waals surface area contributed by atoms with Crippen LogP contribution in [0.3, 0.4) is 0 Å². The van der Waals surface area contributed by atoms with Gasteiger partial charge in [-0.15, -0.1) is 0 Å². The fraction of sp³-hybridized carbons (Fsp3) is 0.217. The van der Waals surface area contributed by atoms with Crippen LogP contribution in [0.2, 0.25) is 0 Å². The molecular formula is C23H25N5. The first-order valence-electron chi connectivity index (χ1n) is 9.61. The molecule has 2 aromatic heterocycles. The molecule has 4 rings (SSSR count). The highest BCUT2D eigenvalue weighted by molar-refractivity contribution is 5.83. The van der Waals surface area contributed by atoms with E-state index in [1.807, 2.05) is 25.4 Å². The maximum absolute atomic E-state index is 4.70. The first kappa shape index (κ1) is 18.0. The van der Waals surface area contributed by atoms with Crippen molar-refractivity contribution in [1.82, 2.24) is 15.0 Å². The number of fused-ring (bicyclic) bond motifs is 1. The summed E-state index contributed by atoms with van der Waals surface area (Å²) in [5.74, 6) is 1.56. The zero-order chi connectivity index (χ0) is 19.3. The van der Waals surface area contributed by atoms with Crippen LogP contribution < -0.4 is 10.2 Å². The zero-order valence-corrected chi connectivity index (χ0v) is 16.3. The Labute approximate surface area is 165 Å². The van der Waals surface area contributed by atoms with Crippen LogP contribution in [-0.2, 0) is 6.42 Å². The minimum Gasteiger partial charge on any atom is -0.363 e. The second kappa shape index (κ2) is 8.13. The Kier molecular flexibility index (Phi) is 5.24. The van der Waals surface area contributed by atoms with Crippen LogP contribution in [0.4, 0.5) is 11.8 Å². The number of H-pyrrole nitrogens is 1. The van der Waals surface area contributed by atoms with Crippen molar-refractivity contribution in [3.05, 3.63) is 84.2 Å². The third-order valence-corrected chi connectivity index (χ3v) is 5.04. The molecular weight excluding hydrogens is 346 g/mol. The number of anilines is 2. The van der Waals surface area contributed by atoms with E-state index < -0.39 is 0 Å². The summed E-state index contributed by atoms with van der Waals surface area (Å²) < 4.78 is 0. The SMILES string of the molecule is CC(Nc1ccnc(N(C)CCc2c[nH]c3ccccc23)n1)c1ccccc1. The second-order valence-electron chi connectivity index (χ2n) is 7.05. The molecule has 0 saturated heterocycles. The fourth-order valence-electron chi connectivity index (χ4n) is 3.39. The molecule has 0 saturated carbocycles. The van der Waals surface area contributed by atoms with E-state index in [0.29, 0.717) is 0 Å². The summed E-state index contributed by atoms with van der Waals surface area (Å²) in [6.07, 6.45) is 4.84. The summed E-state index contributed by atoms with van der Waals surface area (Å²) >= 11 is 0. The normalized spacial score (nSPS) is 12.1. The maximum Gasteiger partial charge on any atom is 0.226 e. The van der Waals surface area contributed by atoms with Crippen LogP contribution in [0.5, 0.6) is 0 Å². The molecule has 0 radical (unpaired) electrons. The summed E-state index contributed by atoms with van der Waals surface area (Å²) in [4.78, 5) is 14.6. The standard InChI is InChI=1S/C23H25N5/c1-17(18-8-4-3-5-9-18)26-22-12-14-24-23(27-22)28(2)15-13-19-16-25-21-11-7-6-10-20(19)21/h3-12,14,16-17,25H,13,15H2,1-2H3,(H,24,26,27). The van der Waals surface area contributed by atoms with E-state index >= 15 is 0 Å². The molecule has 2 N–H and O–H groups in total. The van der Waals surface area contributed by atoms with Crippen molar-refractivity contribution in [1.29, 1.82) is 0 Å². The number of rotatable bonds is 7. The smallest absolute Gasteiger partial charge is 0.226 e. The first-order valence-corrected chi connectivity index (χ1v) is 9.61. The van der Waals surface area contributed by atoms with Crippen LogP contribution >= 0.6 is 0 Å². The first-order chi connectivity index (χ1) is 13.7. The predicted octanol–water partition coefficient (Wildman–Crippen LogP) is 4.81. The number of likely N-dealkylation sites (N-methyl/N-ethyl adjacent to an activating group) is 1. The molecule has 1 atom stereocenters. The molecule has 0 amide bonds. The van der Waals surface area contributed by atoms with Gasteiger partial charge in [-0.25, -0.2) is 4.98 Å². The Bertz CT molecular complexity index is 1040. The van der Waals surface area contributed by atoms with Gasteiger partial charge in [0, 0.05) is 42.9 Å². The molecule has 1 unspecified atom stereocenters. The van der Waals surface area contributed by atoms with Gasteiger partial charge in [-0.2, -0.15) is 4.98 Å². The number of hydrogen-bond donors (Lipinski definition) is 2. The molecule has 4 aromatic rings. The number of para-hydroxylation sites is 1. The molecule has 2 heterocycles. The van der Waals surface area contributed by atoms with Gasteiger partial charge < -0.3 is 15.2 Å². The number of hydrogen-bond acceptors (Lipinski definition) is 4. The summed E-state index contributed by atoms with van der Waals surface area (Å²) in [6.45, 7) is 2.98. The van der Waals surface area contributed by atoms with Crippen LogP contribution in [0.15, 0.2) is 73.1 Å². The van der Waals surface area contributed by atoms with Crippen molar-refractivity contribution in [2.75, 3.05) is 23.8 Å². The Morgan fingerprint density at radius 3 is 2.68 bits per heavy atom. The summed E-state index contributed by atoms with van der Waals surface area (Å²) in [5, 5.41) is 4.75. The van der Waals surface area contributed by atoms with Crippen molar-refractivity contribution >= 4 is 22.7 Å². The topological polar surface area (TPSA) is 56.8 Å². The van der Waals surface area contributed by atoms with Gasteiger partial charge in [-0.3, -0.25) is 0 Å². The molecule has 0 spiro atoms. The second-order valence-corrected chi connectivity index (χ2v) is 7.05. The van der Waals surface area contributed by atoms with Gasteiger partial charge >= 0.3 is 0 Å². The van der Waals surface area contributed by atoms with E-state index in [-0.39, 0.29) is 6.04 Å². The van der Waals surface area contributed by atoms with E-state index in [4.69, 9.17) is 4.98 Å². The van der Waals surface area contributed by atoms with Crippen LogP contribution in [0.25, 0.3) is 10.9 Å². The lowest BCUT2D eigenvalue weighted by molar-refractivity contribution is 0.830. The molecule has 0 aliphatic heterocycles. The third-order valence-electron chi connectivity index (χ3n) is 5.04. The summed E-state index contributed by atoms with van der Waals surface area (Å²) in [6, 6.07) is 20.9. The Morgan fingerprint density at radius 2 is 1.82 bits per heavy atom. The summed E-state index contributed by atoms with van der Waals surface area (Å²) in [7, 11) is 2.04. The number of nitrogens with one attached hydrogen (secondary N) is 2. The minimum atomic E-state index is 0.181. The maximum atomic E-state index is 4.70. The Morgan fingerprint density at radius 1 is 1.04 bits per heavy atom. The van der Waals surface area contributed by atoms with Crippen molar-refractivity contribution < 1.29 is 0 Å². The number of benzene rings is 2. The molecule has 0 aliphatic rings. The lowest BCUT2D eigenvalue weighted by Crippen LogP contribution is -2.23. The molecule has 142 valence electrons. The lowest BCUT2D eigenvalue weighted by Gasteiger charge is -2.19. The molecule has 2 aromatic carbocycles. The highest BCUT2D eigenvalue weighted by Gasteiger charge is 2.10. The van der Waals surface area contributed by atoms with Gasteiger partial charge in [-0.1, -0.05) is 48.5 Å². The number of nitrogens with zero attached hydrogens (tertiary/aromatic N) is 3. The van der Waals surface area contributed by atoms with E-state index in [9.17, 15) is 0 Å². The van der Waals surface area contributed by atoms with Crippen LogP contribution in [0.1, 0.15) is 24.1 Å². The fourth-order valence-corrected chi connectivity index (χ4v) is 3.39. The van der Waals surface area contributed by atoms with E-state index in [1.54, 1.807) is 0 Å². The van der Waals surface area contributed by atoms with Gasteiger partial charge in [0.25, 0.3) is 0 Å². The van der Waals surface area contributed by atoms with Gasteiger partial charge in [0.1, 0.15) is 5.82 Å². The zero-order valence-electron chi connectivity index (χ0n) is 16.3.